The molecule has 0 radical (unpaired) electrons. The number of carbonyl (C=O) groups is 2. The van der Waals surface area contributed by atoms with E-state index in [9.17, 15) is 35.1 Å². The largest absolute Gasteiger partial charge is 0.481 e. The van der Waals surface area contributed by atoms with Crippen molar-refractivity contribution >= 4 is 11.9 Å². The Morgan fingerprint density at radius 1 is 0.620 bits per heavy atom. The quantitative estimate of drug-likeness (QED) is 0.150. The molecule has 3 spiro atoms. The van der Waals surface area contributed by atoms with Crippen LogP contribution in [0.1, 0.15) is 122 Å². The maximum Gasteiger partial charge on any atom is 0.308 e. The Morgan fingerprint density at radius 2 is 1.37 bits per heavy atom. The summed E-state index contributed by atoms with van der Waals surface area (Å²) < 4.78 is 93.0. The number of fused-ring (bicyclic) bond motifs is 9. The highest BCUT2D eigenvalue weighted by atomic mass is 16.9. The summed E-state index contributed by atoms with van der Waals surface area (Å²) in [5, 5.41) is 55.3. The van der Waals surface area contributed by atoms with Gasteiger partial charge in [-0.1, -0.05) is 13.2 Å². The van der Waals surface area contributed by atoms with Crippen molar-refractivity contribution in [3.05, 3.63) is 24.3 Å². The summed E-state index contributed by atoms with van der Waals surface area (Å²) in [5.74, 6) is -8.32. The molecule has 0 aromatic heterocycles. The number of esters is 1. The first kappa shape index (κ1) is 53.4. The number of aliphatic carboxylic acids is 1. The number of hydrogen-bond acceptors (Lipinski definition) is 22. The van der Waals surface area contributed by atoms with Crippen LogP contribution < -0.4 is 11.5 Å². The third-order valence-electron chi connectivity index (χ3n) is 21.2. The molecule has 0 aromatic carbocycles. The monoisotopic (exact) mass is 1110 g/mol. The summed E-state index contributed by atoms with van der Waals surface area (Å²) in [6.07, 6.45) is -5.81. The van der Waals surface area contributed by atoms with Crippen molar-refractivity contribution < 1.29 is 101 Å². The van der Waals surface area contributed by atoms with Crippen LogP contribution in [0.5, 0.6) is 0 Å². The molecule has 4 unspecified atom stereocenters. The first-order valence-electron chi connectivity index (χ1n) is 29.6. The van der Waals surface area contributed by atoms with Crippen LogP contribution in [-0.2, 0) is 75.9 Å². The summed E-state index contributed by atoms with van der Waals surface area (Å²) in [6.45, 7) is 8.81. The van der Waals surface area contributed by atoms with Gasteiger partial charge in [0, 0.05) is 69.9 Å². The second kappa shape index (κ2) is 19.3. The molecule has 16 aliphatic rings. The average Bonchev–Trinajstić information content (AvgIpc) is 2.28. The Morgan fingerprint density at radius 3 is 2.19 bits per heavy atom. The fourth-order valence-corrected chi connectivity index (χ4v) is 17.4. The molecule has 438 valence electrons. The van der Waals surface area contributed by atoms with Crippen molar-refractivity contribution in [2.75, 3.05) is 0 Å². The number of aliphatic hydroxyl groups excluding tert-OH is 3. The maximum atomic E-state index is 14.4. The van der Waals surface area contributed by atoms with Crippen LogP contribution in [0.25, 0.3) is 0 Å². The zero-order valence-electron chi connectivity index (χ0n) is 44.4. The van der Waals surface area contributed by atoms with E-state index in [0.717, 1.165) is 11.1 Å². The van der Waals surface area contributed by atoms with Crippen molar-refractivity contribution in [2.45, 2.75) is 298 Å². The summed E-state index contributed by atoms with van der Waals surface area (Å²) in [7, 11) is 0. The molecule has 1 aliphatic carbocycles. The van der Waals surface area contributed by atoms with E-state index in [1.165, 1.54) is 0 Å². The number of aliphatic hydroxyl groups is 4. The molecule has 15 heterocycles. The zero-order valence-corrected chi connectivity index (χ0v) is 44.4. The van der Waals surface area contributed by atoms with E-state index in [4.69, 9.17) is 77.8 Å². The molecule has 16 fully saturated rings. The van der Waals surface area contributed by atoms with Crippen LogP contribution in [0, 0.1) is 11.8 Å². The van der Waals surface area contributed by atoms with Crippen LogP contribution in [0.3, 0.4) is 0 Å². The Kier molecular flexibility index (Phi) is 13.1. The van der Waals surface area contributed by atoms with Gasteiger partial charge in [-0.2, -0.15) is 0 Å². The van der Waals surface area contributed by atoms with Crippen LogP contribution >= 0.6 is 0 Å². The minimum atomic E-state index is -1.89. The molecule has 15 aliphatic heterocycles. The molecule has 23 nitrogen and oxygen atoms in total. The predicted molar refractivity (Wildman–Crippen MR) is 264 cm³/mol. The Bertz CT molecular complexity index is 2440. The number of carbonyl (C=O) groups excluding carboxylic acids is 1. The van der Waals surface area contributed by atoms with E-state index in [1.807, 2.05) is 0 Å². The number of nitrogens with two attached hydrogens (primary N) is 2. The lowest BCUT2D eigenvalue weighted by atomic mass is 9.49. The highest BCUT2D eigenvalue weighted by molar-refractivity contribution is 5.70. The lowest BCUT2D eigenvalue weighted by molar-refractivity contribution is -0.689. The second-order valence-corrected chi connectivity index (χ2v) is 26.2. The Labute approximate surface area is 457 Å². The molecule has 9 N–H and O–H groups in total. The van der Waals surface area contributed by atoms with Gasteiger partial charge in [-0.25, -0.2) is 0 Å². The summed E-state index contributed by atoms with van der Waals surface area (Å²) >= 11 is 0. The second-order valence-electron chi connectivity index (χ2n) is 26.2. The maximum absolute atomic E-state index is 14.4. The number of ether oxygens (including phenoxy) is 14. The number of carboxylic acids is 1. The van der Waals surface area contributed by atoms with Gasteiger partial charge in [-0.3, -0.25) is 9.59 Å². The van der Waals surface area contributed by atoms with Gasteiger partial charge in [-0.15, -0.1) is 0 Å². The molecule has 15 saturated heterocycles. The molecule has 0 amide bonds. The normalized spacial score (nSPS) is 58.2. The highest BCUT2D eigenvalue weighted by Crippen LogP contribution is 2.76. The Hall–Kier alpha value is -2.34. The minimum absolute atomic E-state index is 0.0437. The number of rotatable bonds is 4. The van der Waals surface area contributed by atoms with Crippen LogP contribution in [0.4, 0.5) is 0 Å². The van der Waals surface area contributed by atoms with Crippen LogP contribution in [0.15, 0.2) is 24.3 Å². The lowest BCUT2D eigenvalue weighted by Crippen LogP contribution is -3.00. The molecule has 0 aromatic rings. The van der Waals surface area contributed by atoms with Crippen molar-refractivity contribution in [2.24, 2.45) is 23.3 Å². The van der Waals surface area contributed by atoms with Gasteiger partial charge in [-0.05, 0) is 62.5 Å². The molecule has 79 heavy (non-hydrogen) atoms. The van der Waals surface area contributed by atoms with Gasteiger partial charge in [0.2, 0.25) is 11.6 Å². The minimum Gasteiger partial charge on any atom is -0.481 e. The van der Waals surface area contributed by atoms with Gasteiger partial charge in [0.1, 0.15) is 18.3 Å². The molecular formula is C56H78N2O21. The van der Waals surface area contributed by atoms with E-state index >= 15 is 0 Å². The van der Waals surface area contributed by atoms with E-state index in [-0.39, 0.29) is 80.9 Å². The van der Waals surface area contributed by atoms with Crippen LogP contribution in [0.2, 0.25) is 0 Å². The van der Waals surface area contributed by atoms with Crippen molar-refractivity contribution in [1.29, 1.82) is 0 Å². The third kappa shape index (κ3) is 8.67. The summed E-state index contributed by atoms with van der Waals surface area (Å²) in [4.78, 5) is 25.8. The third-order valence-corrected chi connectivity index (χ3v) is 21.2. The zero-order chi connectivity index (χ0) is 54.2. The SMILES string of the molecule is C=C1C[C@@H]2CC[C@@]34O[C@H]5[C@H]6O[C@H](CC[C@@H]6O[C@H]6C7C(O)(O[C@@]7(O3)[C@@H]56)[C@H]4O)CC(=O)O[C@@H]3CC4OC5C[C@H](C[C@@H]6O[C@@]7(CC[C@@H]6O)C[C@H](N)[C@@H]6O[C@H](CC(=O)O)[C@H](O)C[C@@H]6O7)O[C@@H]5C[C@@H]4O[C@H]3C[C@H]3O[C@@H](CC[C@@H]1O2)C[C@@H](N)C3=C. The smallest absolute Gasteiger partial charge is 0.308 e. The van der Waals surface area contributed by atoms with E-state index in [1.54, 1.807) is 0 Å². The van der Waals surface area contributed by atoms with Gasteiger partial charge < -0.3 is 103 Å². The van der Waals surface area contributed by atoms with E-state index < -0.39 is 151 Å². The summed E-state index contributed by atoms with van der Waals surface area (Å²) in [5.41, 5.74) is 15.2. The van der Waals surface area contributed by atoms with Gasteiger partial charge in [0.15, 0.2) is 17.7 Å². The standard InChI is InChI=1S/C56H78N2O21/c1-22-11-26-7-10-54-52(64)55(65)51-50-46(56(51,78-54)79-55)49(77-54)48-33(73-50)6-4-25(69-48)15-45(63)72-42-19-41-40(71-39(42)17-34-23(2)28(57)12-24(67-34)3-5-32(22)66-26)18-38-37(70-41)14-27(68-38)13-36-30(59)8-9-53(75-36)21-29(58)47-43(76-53)16-31(60)35(74-47)20-44(61)62/h24-43,46-52,59-60,64-65H,1-21,57-58H2,(H,61,62)/t24-,25+,26-,27-,28+,29-,30-,31+,32-,33-,34+,35+,36-,37?,38+,39-,40-,41?,42+,43-,46-,47-,48-,49+,50+,51?,52-,53+,54+,55?,56-/m0/s1. The van der Waals surface area contributed by atoms with Crippen molar-refractivity contribution in [1.82, 2.24) is 0 Å². The molecular weight excluding hydrogens is 1040 g/mol. The molecule has 10 bridgehead atoms. The fourth-order valence-electron chi connectivity index (χ4n) is 17.4. The molecule has 31 atom stereocenters. The molecule has 16 rings (SSSR count). The average molecular weight is 1120 g/mol. The first-order chi connectivity index (χ1) is 37.8. The van der Waals surface area contributed by atoms with Gasteiger partial charge in [0.05, 0.1) is 141 Å². The number of hydrogen-bond donors (Lipinski definition) is 7. The highest BCUT2D eigenvalue weighted by Gasteiger charge is 2.94. The van der Waals surface area contributed by atoms with Crippen LogP contribution in [-0.4, -0.2) is 213 Å². The van der Waals surface area contributed by atoms with Crippen molar-refractivity contribution in [3.63, 3.8) is 0 Å². The lowest BCUT2D eigenvalue weighted by Gasteiger charge is -2.83. The Balaban J connectivity index is 0.646. The molecule has 1 saturated carbocycles. The summed E-state index contributed by atoms with van der Waals surface area (Å²) in [6, 6.07) is -0.889. The van der Waals surface area contributed by atoms with Gasteiger partial charge in [0.25, 0.3) is 0 Å². The van der Waals surface area contributed by atoms with Crippen molar-refractivity contribution in [3.8, 4) is 0 Å². The fraction of sp³-hybridized carbons (Fsp3) is 0.893. The van der Waals surface area contributed by atoms with E-state index in [0.29, 0.717) is 89.9 Å². The van der Waals surface area contributed by atoms with Gasteiger partial charge >= 0.3 is 11.9 Å². The first-order valence-corrected chi connectivity index (χ1v) is 29.6. The van der Waals surface area contributed by atoms with E-state index in [2.05, 4.69) is 13.2 Å². The molecule has 23 heteroatoms. The topological polar surface area (TPSA) is 317 Å². The predicted octanol–water partition coefficient (Wildman–Crippen LogP) is 0.678. The number of carboxylic acid groups (broad SMARTS) is 1.